The average molecular weight is 344 g/mol. The van der Waals surface area contributed by atoms with Crippen LogP contribution in [0.4, 0.5) is 0 Å². The van der Waals surface area contributed by atoms with Crippen molar-refractivity contribution in [1.29, 1.82) is 0 Å². The fraction of sp³-hybridized carbons (Fsp3) is 0.545. The molecule has 1 nitrogen and oxygen atoms in total. The molecule has 0 unspecified atom stereocenters. The number of pyridine rings is 1. The van der Waals surface area contributed by atoms with E-state index in [1.165, 1.54) is 0 Å². The van der Waals surface area contributed by atoms with E-state index in [1.54, 1.807) is 12.4 Å². The van der Waals surface area contributed by atoms with Crippen LogP contribution >= 0.6 is 0 Å². The fourth-order valence-corrected chi connectivity index (χ4v) is 0.313. The Kier molecular flexibility index (Phi) is 23.2. The molecule has 1 aromatic rings. The van der Waals surface area contributed by atoms with Crippen LogP contribution in [-0.2, 0) is 0 Å². The zero-order valence-electron chi connectivity index (χ0n) is 10.8. The van der Waals surface area contributed by atoms with E-state index in [9.17, 15) is 0 Å². The van der Waals surface area contributed by atoms with Gasteiger partial charge in [0.05, 0.1) is 0 Å². The summed E-state index contributed by atoms with van der Waals surface area (Å²) in [4.78, 5) is 3.78. The summed E-state index contributed by atoms with van der Waals surface area (Å²) < 4.78 is 0. The van der Waals surface area contributed by atoms with Crippen LogP contribution in [0.2, 0.25) is 39.3 Å². The Hall–Kier alpha value is 0.382. The van der Waals surface area contributed by atoms with Gasteiger partial charge in [-0.25, -0.2) is 0 Å². The number of rotatable bonds is 0. The topological polar surface area (TPSA) is 12.9 Å². The molecule has 0 atom stereocenters. The summed E-state index contributed by atoms with van der Waals surface area (Å²) in [6.45, 7) is 13.6. The van der Waals surface area contributed by atoms with E-state index in [2.05, 4.69) is 44.3 Å². The second-order valence-corrected chi connectivity index (χ2v) is 10.0. The predicted octanol–water partition coefficient (Wildman–Crippen LogP) is 3.44. The second-order valence-electron chi connectivity index (χ2n) is 4.02. The van der Waals surface area contributed by atoms with Crippen molar-refractivity contribution >= 4 is 41.5 Å². The summed E-state index contributed by atoms with van der Waals surface area (Å²) >= 11 is 0. The minimum atomic E-state index is 0. The molecule has 0 amide bonds. The first-order valence-corrected chi connectivity index (χ1v) is 10.8. The molecule has 0 saturated heterocycles. The molecule has 6 radical (unpaired) electrons. The van der Waals surface area contributed by atoms with Crippen molar-refractivity contribution in [3.8, 4) is 0 Å². The van der Waals surface area contributed by atoms with E-state index >= 15 is 0 Å². The molecule has 0 aliphatic rings. The Morgan fingerprint density at radius 3 is 1.00 bits per heavy atom. The Bertz CT molecular complexity index is 143. The molecule has 0 N–H and O–H groups in total. The molecule has 4 heteroatoms. The molecule has 1 heterocycles. The molecular formula is C11H23NSi2Sn. The average Bonchev–Trinajstić information content (AvgIpc) is 2.05. The van der Waals surface area contributed by atoms with Crippen molar-refractivity contribution in [2.24, 2.45) is 0 Å². The summed E-state index contributed by atoms with van der Waals surface area (Å²) in [5.74, 6) is 0. The Labute approximate surface area is 116 Å². The third-order valence-electron chi connectivity index (χ3n) is 0.566. The van der Waals surface area contributed by atoms with E-state index in [1.807, 2.05) is 18.2 Å². The fourth-order valence-electron chi connectivity index (χ4n) is 0.313. The summed E-state index contributed by atoms with van der Waals surface area (Å²) in [6.07, 6.45) is 3.50. The molecule has 1 rings (SSSR count). The zero-order chi connectivity index (χ0) is 11.4. The van der Waals surface area contributed by atoms with Gasteiger partial charge in [0.2, 0.25) is 0 Å². The van der Waals surface area contributed by atoms with E-state index in [0.717, 1.165) is 0 Å². The maximum atomic E-state index is 3.78. The van der Waals surface area contributed by atoms with Gasteiger partial charge in [0.1, 0.15) is 0 Å². The van der Waals surface area contributed by atoms with Crippen LogP contribution in [0.3, 0.4) is 0 Å². The van der Waals surface area contributed by atoms with Crippen LogP contribution < -0.4 is 0 Å². The molecule has 15 heavy (non-hydrogen) atoms. The maximum absolute atomic E-state index is 3.78. The van der Waals surface area contributed by atoms with Crippen LogP contribution in [0.15, 0.2) is 30.6 Å². The van der Waals surface area contributed by atoms with Crippen LogP contribution in [-0.4, -0.2) is 46.5 Å². The van der Waals surface area contributed by atoms with Crippen LogP contribution in [0, 0.1) is 0 Å². The van der Waals surface area contributed by atoms with E-state index < -0.39 is 0 Å². The monoisotopic (exact) mass is 345 g/mol. The van der Waals surface area contributed by atoms with Crippen molar-refractivity contribution in [2.45, 2.75) is 39.3 Å². The van der Waals surface area contributed by atoms with Gasteiger partial charge in [-0.3, -0.25) is 4.98 Å². The first-order valence-electron chi connectivity index (χ1n) is 4.85. The van der Waals surface area contributed by atoms with Gasteiger partial charge < -0.3 is 0 Å². The van der Waals surface area contributed by atoms with E-state index in [4.69, 9.17) is 0 Å². The molecule has 0 aliphatic carbocycles. The maximum Gasteiger partial charge on any atom is 0.0379 e. The van der Waals surface area contributed by atoms with Gasteiger partial charge in [-0.1, -0.05) is 45.3 Å². The number of aromatic nitrogens is 1. The van der Waals surface area contributed by atoms with Crippen LogP contribution in [0.1, 0.15) is 0 Å². The summed E-state index contributed by atoms with van der Waals surface area (Å²) in [5.41, 5.74) is 0. The normalized spacial score (nSPS) is 8.00. The first-order chi connectivity index (χ1) is 6.46. The van der Waals surface area contributed by atoms with E-state index in [-0.39, 0.29) is 41.5 Å². The van der Waals surface area contributed by atoms with Crippen molar-refractivity contribution < 1.29 is 0 Å². The molecule has 0 saturated carbocycles. The molecule has 84 valence electrons. The molecule has 0 bridgehead atoms. The van der Waals surface area contributed by atoms with Gasteiger partial charge in [-0.2, -0.15) is 0 Å². The smallest absolute Gasteiger partial charge is 0.0379 e. The molecule has 0 spiro atoms. The van der Waals surface area contributed by atoms with Gasteiger partial charge in [0.25, 0.3) is 0 Å². The molecular weight excluding hydrogens is 321 g/mol. The quantitative estimate of drug-likeness (QED) is 0.657. The molecule has 0 fully saturated rings. The zero-order valence-corrected chi connectivity index (χ0v) is 15.7. The standard InChI is InChI=1S/C5H5N.2C3H9Si.Sn/c1-2-4-6-5-3-1;2*1-4(2)3;/h1-5H;2*1-3H3;. The minimum Gasteiger partial charge on any atom is -0.265 e. The largest absolute Gasteiger partial charge is 0.265 e. The molecule has 1 aromatic heterocycles. The van der Waals surface area contributed by atoms with Crippen molar-refractivity contribution in [3.05, 3.63) is 30.6 Å². The van der Waals surface area contributed by atoms with Crippen LogP contribution in [0.5, 0.6) is 0 Å². The van der Waals surface area contributed by atoms with Gasteiger partial charge in [0, 0.05) is 53.9 Å². The molecule has 0 aromatic carbocycles. The summed E-state index contributed by atoms with van der Waals surface area (Å²) in [6, 6.07) is 5.72. The third-order valence-corrected chi connectivity index (χ3v) is 0.566. The van der Waals surface area contributed by atoms with Gasteiger partial charge in [-0.05, 0) is 12.1 Å². The number of nitrogens with zero attached hydrogens (tertiary/aromatic N) is 1. The summed E-state index contributed by atoms with van der Waals surface area (Å²) in [7, 11) is 0.241. The second kappa shape index (κ2) is 16.8. The van der Waals surface area contributed by atoms with Crippen molar-refractivity contribution in [1.82, 2.24) is 4.98 Å². The van der Waals surface area contributed by atoms with Gasteiger partial charge >= 0.3 is 0 Å². The van der Waals surface area contributed by atoms with Crippen molar-refractivity contribution in [2.75, 3.05) is 0 Å². The summed E-state index contributed by atoms with van der Waals surface area (Å²) in [5, 5.41) is 0. The predicted molar refractivity (Wildman–Crippen MR) is 76.7 cm³/mol. The number of hydrogen-bond donors (Lipinski definition) is 0. The van der Waals surface area contributed by atoms with Crippen molar-refractivity contribution in [3.63, 3.8) is 0 Å². The Balaban J connectivity index is -0.000000145. The Morgan fingerprint density at radius 1 is 0.667 bits per heavy atom. The van der Waals surface area contributed by atoms with Gasteiger partial charge in [0.15, 0.2) is 0 Å². The minimum absolute atomic E-state index is 0. The first kappa shape index (κ1) is 20.8. The van der Waals surface area contributed by atoms with E-state index in [0.29, 0.717) is 0 Å². The number of hydrogen-bond acceptors (Lipinski definition) is 1. The third kappa shape index (κ3) is 54.1. The SMILES string of the molecule is C[Si](C)C.C[Si](C)C.[Sn].c1ccncc1. The van der Waals surface area contributed by atoms with Gasteiger partial charge in [-0.15, -0.1) is 0 Å². The Morgan fingerprint density at radius 2 is 0.933 bits per heavy atom. The van der Waals surface area contributed by atoms with Crippen LogP contribution in [0.25, 0.3) is 0 Å². The molecule has 0 aliphatic heterocycles.